The van der Waals surface area contributed by atoms with Crippen LogP contribution in [0.15, 0.2) is 24.3 Å². The van der Waals surface area contributed by atoms with Crippen molar-refractivity contribution in [2.45, 2.75) is 45.3 Å². The number of nitrogens with one attached hydrogen (secondary N) is 1. The molecule has 0 aromatic heterocycles. The molecule has 0 spiro atoms. The van der Waals surface area contributed by atoms with E-state index in [1.807, 2.05) is 12.1 Å². The van der Waals surface area contributed by atoms with E-state index < -0.39 is 6.61 Å². The predicted molar refractivity (Wildman–Crippen MR) is 78.4 cm³/mol. The van der Waals surface area contributed by atoms with E-state index in [4.69, 9.17) is 0 Å². The largest absolute Gasteiger partial charge is 0.435 e. The molecule has 3 rings (SSSR count). The van der Waals surface area contributed by atoms with Crippen molar-refractivity contribution >= 4 is 0 Å². The lowest BCUT2D eigenvalue weighted by atomic mass is 9.97. The van der Waals surface area contributed by atoms with Crippen LogP contribution in [0.3, 0.4) is 0 Å². The van der Waals surface area contributed by atoms with Crippen LogP contribution in [0.25, 0.3) is 0 Å². The molecule has 2 aliphatic carbocycles. The first-order valence-electron chi connectivity index (χ1n) is 7.91. The lowest BCUT2D eigenvalue weighted by Gasteiger charge is -2.21. The van der Waals surface area contributed by atoms with Gasteiger partial charge in [-0.1, -0.05) is 12.1 Å². The maximum absolute atomic E-state index is 12.1. The van der Waals surface area contributed by atoms with Gasteiger partial charge in [0.05, 0.1) is 0 Å². The highest BCUT2D eigenvalue weighted by molar-refractivity contribution is 5.29. The van der Waals surface area contributed by atoms with Crippen molar-refractivity contribution in [3.8, 4) is 5.75 Å². The Morgan fingerprint density at radius 1 is 1.10 bits per heavy atom. The number of hydrogen-bond acceptors (Lipinski definition) is 2. The first-order chi connectivity index (χ1) is 10.1. The molecule has 1 N–H and O–H groups in total. The highest BCUT2D eigenvalue weighted by Crippen LogP contribution is 2.49. The zero-order valence-corrected chi connectivity index (χ0v) is 12.4. The SMILES string of the molecule is CC(NCC(C1CC1)C1CC1)c1ccc(OC(F)F)cc1. The van der Waals surface area contributed by atoms with Gasteiger partial charge in [-0.2, -0.15) is 8.78 Å². The van der Waals surface area contributed by atoms with Gasteiger partial charge in [0, 0.05) is 6.04 Å². The smallest absolute Gasteiger partial charge is 0.387 e. The Morgan fingerprint density at radius 2 is 1.67 bits per heavy atom. The number of benzene rings is 1. The summed E-state index contributed by atoms with van der Waals surface area (Å²) in [6.45, 7) is 0.440. The fraction of sp³-hybridized carbons (Fsp3) is 0.647. The second kappa shape index (κ2) is 6.30. The zero-order valence-electron chi connectivity index (χ0n) is 12.4. The molecule has 1 atom stereocenters. The number of halogens is 2. The summed E-state index contributed by atoms with van der Waals surface area (Å²) in [4.78, 5) is 0. The minimum Gasteiger partial charge on any atom is -0.435 e. The van der Waals surface area contributed by atoms with Crippen LogP contribution in [0.4, 0.5) is 8.78 Å². The van der Waals surface area contributed by atoms with E-state index in [-0.39, 0.29) is 11.8 Å². The molecule has 2 aliphatic rings. The maximum Gasteiger partial charge on any atom is 0.387 e. The molecule has 0 heterocycles. The van der Waals surface area contributed by atoms with Gasteiger partial charge in [-0.15, -0.1) is 0 Å². The summed E-state index contributed by atoms with van der Waals surface area (Å²) in [5.74, 6) is 2.95. The van der Waals surface area contributed by atoms with Crippen molar-refractivity contribution in [3.63, 3.8) is 0 Å². The van der Waals surface area contributed by atoms with E-state index in [9.17, 15) is 8.78 Å². The Labute approximate surface area is 124 Å². The Bertz CT molecular complexity index is 442. The quantitative estimate of drug-likeness (QED) is 0.768. The van der Waals surface area contributed by atoms with Gasteiger partial charge in [0.15, 0.2) is 0 Å². The van der Waals surface area contributed by atoms with Gasteiger partial charge in [0.1, 0.15) is 5.75 Å². The van der Waals surface area contributed by atoms with Gasteiger partial charge in [-0.25, -0.2) is 0 Å². The number of ether oxygens (including phenoxy) is 1. The van der Waals surface area contributed by atoms with Crippen LogP contribution in [0.1, 0.15) is 44.2 Å². The first-order valence-corrected chi connectivity index (χ1v) is 7.91. The van der Waals surface area contributed by atoms with Crippen LogP contribution in [-0.2, 0) is 0 Å². The molecule has 0 saturated heterocycles. The first kappa shape index (κ1) is 14.8. The molecule has 1 unspecified atom stereocenters. The van der Waals surface area contributed by atoms with Gasteiger partial charge in [0.2, 0.25) is 0 Å². The fourth-order valence-electron chi connectivity index (χ4n) is 3.14. The molecule has 4 heteroatoms. The average molecular weight is 295 g/mol. The van der Waals surface area contributed by atoms with E-state index >= 15 is 0 Å². The molecule has 1 aromatic carbocycles. The highest BCUT2D eigenvalue weighted by Gasteiger charge is 2.41. The highest BCUT2D eigenvalue weighted by atomic mass is 19.3. The lowest BCUT2D eigenvalue weighted by Crippen LogP contribution is -2.28. The molecule has 116 valence electrons. The second-order valence-electron chi connectivity index (χ2n) is 6.42. The molecule has 0 radical (unpaired) electrons. The van der Waals surface area contributed by atoms with E-state index in [2.05, 4.69) is 17.0 Å². The summed E-state index contributed by atoms with van der Waals surface area (Å²) in [6, 6.07) is 7.18. The summed E-state index contributed by atoms with van der Waals surface area (Å²) in [7, 11) is 0. The predicted octanol–water partition coefficient (Wildman–Crippen LogP) is 4.37. The zero-order chi connectivity index (χ0) is 14.8. The Hall–Kier alpha value is -1.16. The van der Waals surface area contributed by atoms with E-state index in [0.29, 0.717) is 0 Å². The lowest BCUT2D eigenvalue weighted by molar-refractivity contribution is -0.0498. The van der Waals surface area contributed by atoms with Gasteiger partial charge < -0.3 is 10.1 Å². The molecular weight excluding hydrogens is 272 g/mol. The minimum atomic E-state index is -2.76. The van der Waals surface area contributed by atoms with E-state index in [1.165, 1.54) is 25.7 Å². The van der Waals surface area contributed by atoms with Crippen molar-refractivity contribution in [3.05, 3.63) is 29.8 Å². The van der Waals surface area contributed by atoms with Crippen LogP contribution in [0.5, 0.6) is 5.75 Å². The van der Waals surface area contributed by atoms with Crippen molar-refractivity contribution in [2.75, 3.05) is 6.54 Å². The average Bonchev–Trinajstić information content (AvgIpc) is 3.33. The van der Waals surface area contributed by atoms with Gasteiger partial charge in [-0.05, 0) is 74.6 Å². The van der Waals surface area contributed by atoms with Crippen molar-refractivity contribution in [1.82, 2.24) is 5.32 Å². The molecule has 0 amide bonds. The van der Waals surface area contributed by atoms with Gasteiger partial charge in [-0.3, -0.25) is 0 Å². The standard InChI is InChI=1S/C17H23F2NO/c1-11(12-6-8-15(9-7-12)21-17(18)19)20-10-16(13-2-3-13)14-4-5-14/h6-9,11,13-14,16-17,20H,2-5,10H2,1H3. The third kappa shape index (κ3) is 4.16. The topological polar surface area (TPSA) is 21.3 Å². The van der Waals surface area contributed by atoms with Crippen LogP contribution < -0.4 is 10.1 Å². The van der Waals surface area contributed by atoms with Crippen LogP contribution >= 0.6 is 0 Å². The summed E-state index contributed by atoms with van der Waals surface area (Å²) in [5.41, 5.74) is 1.11. The third-order valence-corrected chi connectivity index (χ3v) is 4.72. The van der Waals surface area contributed by atoms with E-state index in [0.717, 1.165) is 29.9 Å². The Morgan fingerprint density at radius 3 is 2.14 bits per heavy atom. The monoisotopic (exact) mass is 295 g/mol. The van der Waals surface area contributed by atoms with Crippen LogP contribution in [0, 0.1) is 17.8 Å². The summed E-state index contributed by atoms with van der Waals surface area (Å²) in [5, 5.41) is 3.61. The number of hydrogen-bond donors (Lipinski definition) is 1. The fourth-order valence-corrected chi connectivity index (χ4v) is 3.14. The van der Waals surface area contributed by atoms with E-state index in [1.54, 1.807) is 12.1 Å². The Kier molecular flexibility index (Phi) is 4.43. The molecule has 2 nitrogen and oxygen atoms in total. The van der Waals surface area contributed by atoms with Crippen molar-refractivity contribution in [2.24, 2.45) is 17.8 Å². The third-order valence-electron chi connectivity index (χ3n) is 4.72. The van der Waals surface area contributed by atoms with Gasteiger partial charge >= 0.3 is 6.61 Å². The van der Waals surface area contributed by atoms with Crippen molar-refractivity contribution < 1.29 is 13.5 Å². The van der Waals surface area contributed by atoms with Crippen LogP contribution in [-0.4, -0.2) is 13.2 Å². The molecule has 21 heavy (non-hydrogen) atoms. The molecule has 0 bridgehead atoms. The molecule has 2 fully saturated rings. The normalized spacial score (nSPS) is 20.0. The summed E-state index contributed by atoms with van der Waals surface area (Å²) >= 11 is 0. The number of alkyl halides is 2. The van der Waals surface area contributed by atoms with Gasteiger partial charge in [0.25, 0.3) is 0 Å². The Balaban J connectivity index is 1.51. The molecule has 2 saturated carbocycles. The number of rotatable bonds is 8. The molecule has 1 aromatic rings. The van der Waals surface area contributed by atoms with Crippen molar-refractivity contribution in [1.29, 1.82) is 0 Å². The summed E-state index contributed by atoms with van der Waals surface area (Å²) < 4.78 is 28.6. The second-order valence-corrected chi connectivity index (χ2v) is 6.42. The molecular formula is C17H23F2NO. The molecule has 0 aliphatic heterocycles. The minimum absolute atomic E-state index is 0.217. The summed E-state index contributed by atoms with van der Waals surface area (Å²) in [6.07, 6.45) is 5.60. The van der Waals surface area contributed by atoms with Crippen LogP contribution in [0.2, 0.25) is 0 Å². The maximum atomic E-state index is 12.1.